The molecule has 102 valence electrons. The fourth-order valence-corrected chi connectivity index (χ4v) is 2.56. The van der Waals surface area contributed by atoms with Gasteiger partial charge in [-0.05, 0) is 47.5 Å². The number of hydrogen-bond acceptors (Lipinski definition) is 2. The molecule has 0 radical (unpaired) electrons. The standard InChI is InChI=1S/C14H17BrClN3/c1-9(2)19-7-6-10(18-19)8-13(17)11-4-3-5-12(15)14(11)16/h3-7,9,13H,8,17H2,1-2H3. The Morgan fingerprint density at radius 2 is 2.11 bits per heavy atom. The van der Waals surface area contributed by atoms with Crippen LogP contribution >= 0.6 is 27.5 Å². The topological polar surface area (TPSA) is 43.8 Å². The summed E-state index contributed by atoms with van der Waals surface area (Å²) in [5.74, 6) is 0. The number of halogens is 2. The van der Waals surface area contributed by atoms with Gasteiger partial charge in [-0.1, -0.05) is 23.7 Å². The van der Waals surface area contributed by atoms with Crippen molar-refractivity contribution in [2.75, 3.05) is 0 Å². The van der Waals surface area contributed by atoms with Gasteiger partial charge in [0.2, 0.25) is 0 Å². The number of nitrogens with two attached hydrogens (primary N) is 1. The van der Waals surface area contributed by atoms with Crippen molar-refractivity contribution in [2.45, 2.75) is 32.4 Å². The molecule has 1 aromatic heterocycles. The Balaban J connectivity index is 2.16. The van der Waals surface area contributed by atoms with Crippen LogP contribution in [-0.4, -0.2) is 9.78 Å². The van der Waals surface area contributed by atoms with Gasteiger partial charge < -0.3 is 5.73 Å². The minimum atomic E-state index is -0.152. The van der Waals surface area contributed by atoms with E-state index in [1.165, 1.54) is 0 Å². The predicted octanol–water partition coefficient (Wildman–Crippen LogP) is 4.12. The Hall–Kier alpha value is -0.840. The molecule has 0 aliphatic heterocycles. The number of rotatable bonds is 4. The van der Waals surface area contributed by atoms with Gasteiger partial charge in [-0.15, -0.1) is 0 Å². The fourth-order valence-electron chi connectivity index (χ4n) is 1.92. The lowest BCUT2D eigenvalue weighted by molar-refractivity contribution is 0.522. The second-order valence-electron chi connectivity index (χ2n) is 4.83. The molecule has 19 heavy (non-hydrogen) atoms. The zero-order valence-corrected chi connectivity index (χ0v) is 13.3. The van der Waals surface area contributed by atoms with Crippen LogP contribution in [0.3, 0.4) is 0 Å². The van der Waals surface area contributed by atoms with Crippen molar-refractivity contribution in [3.63, 3.8) is 0 Å². The quantitative estimate of drug-likeness (QED) is 0.908. The maximum atomic E-state index is 6.26. The molecule has 0 spiro atoms. The van der Waals surface area contributed by atoms with E-state index in [2.05, 4.69) is 34.9 Å². The molecule has 5 heteroatoms. The van der Waals surface area contributed by atoms with E-state index in [0.29, 0.717) is 17.5 Å². The van der Waals surface area contributed by atoms with Gasteiger partial charge in [0, 0.05) is 29.2 Å². The normalized spacial score (nSPS) is 12.9. The summed E-state index contributed by atoms with van der Waals surface area (Å²) in [6.45, 7) is 4.20. The van der Waals surface area contributed by atoms with Crippen molar-refractivity contribution < 1.29 is 0 Å². The molecule has 2 rings (SSSR count). The molecule has 0 aliphatic rings. The van der Waals surface area contributed by atoms with Gasteiger partial charge in [0.1, 0.15) is 0 Å². The molecular weight excluding hydrogens is 326 g/mol. The van der Waals surface area contributed by atoms with Gasteiger partial charge >= 0.3 is 0 Å². The molecule has 0 aliphatic carbocycles. The van der Waals surface area contributed by atoms with E-state index in [1.54, 1.807) is 0 Å². The summed E-state index contributed by atoms with van der Waals surface area (Å²) in [6, 6.07) is 8.02. The summed E-state index contributed by atoms with van der Waals surface area (Å²) in [6.07, 6.45) is 2.66. The largest absolute Gasteiger partial charge is 0.324 e. The number of hydrogen-bond donors (Lipinski definition) is 1. The summed E-state index contributed by atoms with van der Waals surface area (Å²) in [4.78, 5) is 0. The maximum Gasteiger partial charge on any atom is 0.0643 e. The third kappa shape index (κ3) is 3.38. The summed E-state index contributed by atoms with van der Waals surface area (Å²) in [5, 5.41) is 5.19. The van der Waals surface area contributed by atoms with Crippen molar-refractivity contribution in [1.29, 1.82) is 0 Å². The average Bonchev–Trinajstić information content (AvgIpc) is 2.81. The molecular formula is C14H17BrClN3. The van der Waals surface area contributed by atoms with E-state index in [4.69, 9.17) is 17.3 Å². The molecule has 1 atom stereocenters. The van der Waals surface area contributed by atoms with Gasteiger partial charge in [0.15, 0.2) is 0 Å². The molecule has 0 amide bonds. The van der Waals surface area contributed by atoms with Crippen molar-refractivity contribution in [2.24, 2.45) is 5.73 Å². The molecule has 2 aromatic rings. The van der Waals surface area contributed by atoms with Crippen molar-refractivity contribution in [3.05, 3.63) is 51.2 Å². The first-order valence-corrected chi connectivity index (χ1v) is 7.39. The molecule has 3 nitrogen and oxygen atoms in total. The summed E-state index contributed by atoms with van der Waals surface area (Å²) < 4.78 is 2.81. The number of benzene rings is 1. The van der Waals surface area contributed by atoms with E-state index in [9.17, 15) is 0 Å². The number of nitrogens with zero attached hydrogens (tertiary/aromatic N) is 2. The zero-order chi connectivity index (χ0) is 14.0. The van der Waals surface area contributed by atoms with E-state index in [-0.39, 0.29) is 6.04 Å². The second-order valence-corrected chi connectivity index (χ2v) is 6.07. The molecule has 0 bridgehead atoms. The van der Waals surface area contributed by atoms with Gasteiger partial charge in [-0.25, -0.2) is 0 Å². The Labute approximate surface area is 126 Å². The first-order valence-electron chi connectivity index (χ1n) is 6.22. The van der Waals surface area contributed by atoms with Crippen molar-refractivity contribution >= 4 is 27.5 Å². The highest BCUT2D eigenvalue weighted by molar-refractivity contribution is 9.10. The first-order chi connectivity index (χ1) is 8.99. The van der Waals surface area contributed by atoms with Crippen LogP contribution in [0.4, 0.5) is 0 Å². The van der Waals surface area contributed by atoms with Crippen LogP contribution in [0.5, 0.6) is 0 Å². The van der Waals surface area contributed by atoms with Crippen LogP contribution in [0, 0.1) is 0 Å². The first kappa shape index (κ1) is 14.6. The molecule has 2 N–H and O–H groups in total. The highest BCUT2D eigenvalue weighted by Crippen LogP contribution is 2.30. The summed E-state index contributed by atoms with van der Waals surface area (Å²) >= 11 is 9.67. The smallest absolute Gasteiger partial charge is 0.0643 e. The molecule has 0 saturated heterocycles. The van der Waals surface area contributed by atoms with E-state index >= 15 is 0 Å². The number of aromatic nitrogens is 2. The Morgan fingerprint density at radius 1 is 1.37 bits per heavy atom. The van der Waals surface area contributed by atoms with Gasteiger partial charge in [0.05, 0.1) is 10.7 Å². The van der Waals surface area contributed by atoms with E-state index in [0.717, 1.165) is 15.7 Å². The van der Waals surface area contributed by atoms with Crippen molar-refractivity contribution in [3.8, 4) is 0 Å². The summed E-state index contributed by atoms with van der Waals surface area (Å²) in [7, 11) is 0. The second kappa shape index (κ2) is 6.07. The third-order valence-electron chi connectivity index (χ3n) is 3.00. The predicted molar refractivity (Wildman–Crippen MR) is 82.4 cm³/mol. The lowest BCUT2D eigenvalue weighted by Gasteiger charge is -2.13. The van der Waals surface area contributed by atoms with Crippen LogP contribution in [0.2, 0.25) is 5.02 Å². The molecule has 0 saturated carbocycles. The minimum absolute atomic E-state index is 0.152. The Morgan fingerprint density at radius 3 is 2.74 bits per heavy atom. The van der Waals surface area contributed by atoms with Gasteiger partial charge in [0.25, 0.3) is 0 Å². The van der Waals surface area contributed by atoms with Crippen LogP contribution in [0.15, 0.2) is 34.9 Å². The van der Waals surface area contributed by atoms with Crippen LogP contribution in [-0.2, 0) is 6.42 Å². The lowest BCUT2D eigenvalue weighted by atomic mass is 10.0. The van der Waals surface area contributed by atoms with Crippen LogP contribution in [0.25, 0.3) is 0 Å². The zero-order valence-electron chi connectivity index (χ0n) is 11.0. The van der Waals surface area contributed by atoms with E-state index < -0.39 is 0 Å². The Kier molecular flexibility index (Phi) is 4.66. The molecule has 1 aromatic carbocycles. The van der Waals surface area contributed by atoms with Gasteiger partial charge in [-0.2, -0.15) is 5.10 Å². The highest BCUT2D eigenvalue weighted by Gasteiger charge is 2.14. The lowest BCUT2D eigenvalue weighted by Crippen LogP contribution is -2.14. The van der Waals surface area contributed by atoms with E-state index in [1.807, 2.05) is 35.1 Å². The van der Waals surface area contributed by atoms with Gasteiger partial charge in [-0.3, -0.25) is 4.68 Å². The van der Waals surface area contributed by atoms with Crippen LogP contribution < -0.4 is 5.73 Å². The fraction of sp³-hybridized carbons (Fsp3) is 0.357. The summed E-state index contributed by atoms with van der Waals surface area (Å²) in [5.41, 5.74) is 8.15. The molecule has 0 fully saturated rings. The maximum absolute atomic E-state index is 6.26. The molecule has 1 heterocycles. The van der Waals surface area contributed by atoms with Crippen LogP contribution in [0.1, 0.15) is 37.2 Å². The highest BCUT2D eigenvalue weighted by atomic mass is 79.9. The average molecular weight is 343 g/mol. The third-order valence-corrected chi connectivity index (χ3v) is 4.31. The monoisotopic (exact) mass is 341 g/mol. The molecule has 1 unspecified atom stereocenters. The SMILES string of the molecule is CC(C)n1ccc(CC(N)c2cccc(Br)c2Cl)n1. The van der Waals surface area contributed by atoms with Crippen molar-refractivity contribution in [1.82, 2.24) is 9.78 Å². The minimum Gasteiger partial charge on any atom is -0.324 e. The Bertz CT molecular complexity index is 566.